The molecule has 31 heavy (non-hydrogen) atoms. The molecule has 0 spiro atoms. The zero-order valence-electron chi connectivity index (χ0n) is 17.6. The lowest BCUT2D eigenvalue weighted by Crippen LogP contribution is -2.53. The Hall–Kier alpha value is -3.28. The van der Waals surface area contributed by atoms with Crippen LogP contribution in [0.15, 0.2) is 48.0 Å². The summed E-state index contributed by atoms with van der Waals surface area (Å²) >= 11 is 1.43. The first kappa shape index (κ1) is 21.0. The Morgan fingerprint density at radius 3 is 2.65 bits per heavy atom. The lowest BCUT2D eigenvalue weighted by atomic mass is 10.1. The highest BCUT2D eigenvalue weighted by molar-refractivity contribution is 7.14. The molecule has 2 aromatic heterocycles. The molecule has 3 heterocycles. The molecule has 4 rings (SSSR count). The van der Waals surface area contributed by atoms with Crippen molar-refractivity contribution in [3.8, 4) is 17.3 Å². The van der Waals surface area contributed by atoms with Crippen molar-refractivity contribution in [2.75, 3.05) is 36.4 Å². The van der Waals surface area contributed by atoms with E-state index in [9.17, 15) is 10.1 Å². The van der Waals surface area contributed by atoms with Crippen LogP contribution in [0, 0.1) is 18.3 Å². The first-order valence-electron chi connectivity index (χ1n) is 10.2. The number of aromatic nitrogens is 2. The van der Waals surface area contributed by atoms with Gasteiger partial charge in [0.1, 0.15) is 11.9 Å². The Morgan fingerprint density at radius 2 is 1.94 bits per heavy atom. The monoisotopic (exact) mass is 432 g/mol. The molecule has 1 fully saturated rings. The number of amides is 1. The number of nitrogens with zero attached hydrogens (tertiary/aromatic N) is 5. The van der Waals surface area contributed by atoms with Crippen molar-refractivity contribution < 1.29 is 4.79 Å². The van der Waals surface area contributed by atoms with Gasteiger partial charge in [-0.15, -0.1) is 11.3 Å². The number of carbonyl (C=O) groups excluding carboxylic acids is 1. The highest BCUT2D eigenvalue weighted by Gasteiger charge is 2.27. The van der Waals surface area contributed by atoms with E-state index in [1.165, 1.54) is 16.9 Å². The van der Waals surface area contributed by atoms with Crippen LogP contribution < -0.4 is 10.2 Å². The molecule has 0 radical (unpaired) electrons. The summed E-state index contributed by atoms with van der Waals surface area (Å²) in [5.74, 6) is 0.655. The maximum Gasteiger partial charge on any atom is 0.243 e. The predicted octanol–water partition coefficient (Wildman–Crippen LogP) is 3.53. The van der Waals surface area contributed by atoms with Crippen molar-refractivity contribution in [2.45, 2.75) is 19.9 Å². The van der Waals surface area contributed by atoms with Crippen molar-refractivity contribution in [3.05, 3.63) is 59.1 Å². The van der Waals surface area contributed by atoms with Gasteiger partial charge in [0.05, 0.1) is 17.3 Å². The fourth-order valence-electron chi connectivity index (χ4n) is 3.62. The highest BCUT2D eigenvalue weighted by atomic mass is 32.1. The summed E-state index contributed by atoms with van der Waals surface area (Å²) in [4.78, 5) is 26.0. The van der Waals surface area contributed by atoms with Crippen LogP contribution in [0.1, 0.15) is 18.1 Å². The number of anilines is 2. The highest BCUT2D eigenvalue weighted by Crippen LogP contribution is 2.25. The molecule has 0 saturated carbocycles. The first-order chi connectivity index (χ1) is 15.0. The van der Waals surface area contributed by atoms with Crippen LogP contribution in [-0.2, 0) is 4.79 Å². The van der Waals surface area contributed by atoms with Crippen LogP contribution in [0.25, 0.3) is 11.3 Å². The number of nitriles is 1. The number of hydrogen-bond donors (Lipinski definition) is 1. The van der Waals surface area contributed by atoms with E-state index in [0.717, 1.165) is 37.4 Å². The largest absolute Gasteiger partial charge is 0.353 e. The number of aryl methyl sites for hydroxylation is 1. The Kier molecular flexibility index (Phi) is 6.26. The van der Waals surface area contributed by atoms with Crippen molar-refractivity contribution in [1.82, 2.24) is 14.9 Å². The number of hydrogen-bond acceptors (Lipinski definition) is 7. The van der Waals surface area contributed by atoms with Gasteiger partial charge in [0.2, 0.25) is 5.91 Å². The molecule has 0 bridgehead atoms. The van der Waals surface area contributed by atoms with Crippen molar-refractivity contribution in [3.63, 3.8) is 0 Å². The molecule has 1 atom stereocenters. The second-order valence-electron chi connectivity index (χ2n) is 7.58. The maximum atomic E-state index is 12.8. The van der Waals surface area contributed by atoms with Gasteiger partial charge in [-0.25, -0.2) is 9.97 Å². The molecule has 8 heteroatoms. The number of pyridine rings is 1. The zero-order valence-corrected chi connectivity index (χ0v) is 18.4. The number of carbonyl (C=O) groups is 1. The summed E-state index contributed by atoms with van der Waals surface area (Å²) in [6.45, 7) is 6.86. The van der Waals surface area contributed by atoms with Crippen LogP contribution in [-0.4, -0.2) is 53.0 Å². The van der Waals surface area contributed by atoms with Gasteiger partial charge in [-0.2, -0.15) is 5.26 Å². The van der Waals surface area contributed by atoms with Crippen LogP contribution in [0.3, 0.4) is 0 Å². The van der Waals surface area contributed by atoms with Crippen LogP contribution in [0.5, 0.6) is 0 Å². The molecule has 0 aliphatic carbocycles. The van der Waals surface area contributed by atoms with E-state index in [0.29, 0.717) is 16.5 Å². The number of thiazole rings is 1. The number of piperazine rings is 1. The van der Waals surface area contributed by atoms with Gasteiger partial charge in [0.25, 0.3) is 0 Å². The van der Waals surface area contributed by atoms with E-state index in [2.05, 4.69) is 50.2 Å². The van der Waals surface area contributed by atoms with Gasteiger partial charge in [0, 0.05) is 43.3 Å². The minimum atomic E-state index is -0.270. The lowest BCUT2D eigenvalue weighted by molar-refractivity contribution is -0.120. The van der Waals surface area contributed by atoms with Crippen LogP contribution in [0.4, 0.5) is 10.9 Å². The Balaban J connectivity index is 1.34. The molecule has 1 unspecified atom stereocenters. The summed E-state index contributed by atoms with van der Waals surface area (Å²) in [5.41, 5.74) is 3.69. The second-order valence-corrected chi connectivity index (χ2v) is 8.44. The summed E-state index contributed by atoms with van der Waals surface area (Å²) in [5, 5.41) is 14.8. The first-order valence-corrected chi connectivity index (χ1v) is 11.1. The average Bonchev–Trinajstić information content (AvgIpc) is 3.27. The summed E-state index contributed by atoms with van der Waals surface area (Å²) < 4.78 is 0. The van der Waals surface area contributed by atoms with E-state index < -0.39 is 0 Å². The van der Waals surface area contributed by atoms with Gasteiger partial charge in [0.15, 0.2) is 5.13 Å². The third kappa shape index (κ3) is 4.74. The summed E-state index contributed by atoms with van der Waals surface area (Å²) in [6, 6.07) is 13.7. The van der Waals surface area contributed by atoms with Crippen molar-refractivity contribution >= 4 is 28.2 Å². The van der Waals surface area contributed by atoms with E-state index in [-0.39, 0.29) is 11.9 Å². The number of benzene rings is 1. The molecule has 1 saturated heterocycles. The fraction of sp³-hybridized carbons (Fsp3) is 0.304. The summed E-state index contributed by atoms with van der Waals surface area (Å²) in [6.07, 6.45) is 1.71. The molecule has 1 aromatic carbocycles. The van der Waals surface area contributed by atoms with E-state index >= 15 is 0 Å². The number of nitrogens with one attached hydrogen (secondary N) is 1. The Morgan fingerprint density at radius 1 is 1.19 bits per heavy atom. The third-order valence-corrected chi connectivity index (χ3v) is 6.29. The molecule has 1 aliphatic rings. The zero-order chi connectivity index (χ0) is 21.8. The quantitative estimate of drug-likeness (QED) is 0.664. The van der Waals surface area contributed by atoms with E-state index in [1.807, 2.05) is 24.4 Å². The third-order valence-electron chi connectivity index (χ3n) is 5.53. The minimum Gasteiger partial charge on any atom is -0.353 e. The average molecular weight is 433 g/mol. The molecule has 7 nitrogen and oxygen atoms in total. The van der Waals surface area contributed by atoms with E-state index in [1.54, 1.807) is 18.3 Å². The molecule has 1 N–H and O–H groups in total. The molecule has 1 aliphatic heterocycles. The lowest BCUT2D eigenvalue weighted by Gasteiger charge is -2.38. The molecular weight excluding hydrogens is 408 g/mol. The van der Waals surface area contributed by atoms with Crippen molar-refractivity contribution in [1.29, 1.82) is 5.26 Å². The van der Waals surface area contributed by atoms with Crippen LogP contribution >= 0.6 is 11.3 Å². The van der Waals surface area contributed by atoms with Crippen LogP contribution in [0.2, 0.25) is 0 Å². The predicted molar refractivity (Wildman–Crippen MR) is 123 cm³/mol. The normalized spacial score (nSPS) is 15.3. The second kappa shape index (κ2) is 9.25. The van der Waals surface area contributed by atoms with Crippen molar-refractivity contribution in [2.24, 2.45) is 0 Å². The smallest absolute Gasteiger partial charge is 0.243 e. The Bertz CT molecular complexity index is 1100. The fourth-order valence-corrected chi connectivity index (χ4v) is 4.34. The van der Waals surface area contributed by atoms with E-state index in [4.69, 9.17) is 0 Å². The Labute approximate surface area is 186 Å². The minimum absolute atomic E-state index is 0.0613. The van der Waals surface area contributed by atoms with Gasteiger partial charge < -0.3 is 10.2 Å². The van der Waals surface area contributed by atoms with Gasteiger partial charge in [-0.05, 0) is 26.0 Å². The maximum absolute atomic E-state index is 12.8. The van der Waals surface area contributed by atoms with Gasteiger partial charge >= 0.3 is 0 Å². The SMILES string of the molecule is Cc1ccc(-c2csc(NC(=O)C(C)N3CCN(c4ncccc4C#N)CC3)n2)cc1. The molecular formula is C23H24N6OS. The molecule has 158 valence electrons. The molecule has 3 aromatic rings. The topological polar surface area (TPSA) is 85.2 Å². The molecule has 1 amide bonds. The van der Waals surface area contributed by atoms with Gasteiger partial charge in [-0.1, -0.05) is 29.8 Å². The summed E-state index contributed by atoms with van der Waals surface area (Å²) in [7, 11) is 0. The standard InChI is InChI=1S/C23H24N6OS/c1-16-5-7-18(8-6-16)20-15-31-23(26-20)27-22(30)17(2)28-10-12-29(13-11-28)21-19(14-24)4-3-9-25-21/h3-9,15,17H,10-13H2,1-2H3,(H,26,27,30). The van der Waals surface area contributed by atoms with Gasteiger partial charge in [-0.3, -0.25) is 9.69 Å². The number of rotatable bonds is 5.